The second kappa shape index (κ2) is 7.84. The van der Waals surface area contributed by atoms with Crippen LogP contribution in [0.5, 0.6) is 5.75 Å². The largest absolute Gasteiger partial charge is 0.493 e. The molecular formula is C19H33NO. The fraction of sp³-hybridized carbons (Fsp3) is 0.684. The van der Waals surface area contributed by atoms with E-state index >= 15 is 0 Å². The van der Waals surface area contributed by atoms with Gasteiger partial charge in [-0.1, -0.05) is 46.8 Å². The van der Waals surface area contributed by atoms with Crippen LogP contribution < -0.4 is 10.5 Å². The lowest BCUT2D eigenvalue weighted by atomic mass is 9.84. The number of benzene rings is 1. The third-order valence-electron chi connectivity index (χ3n) is 3.67. The number of nitrogens with two attached hydrogens (primary N) is 1. The molecule has 0 spiro atoms. The quantitative estimate of drug-likeness (QED) is 0.791. The molecule has 1 aromatic rings. The highest BCUT2D eigenvalue weighted by Gasteiger charge is 2.20. The van der Waals surface area contributed by atoms with Gasteiger partial charge in [0.05, 0.1) is 6.61 Å². The molecule has 0 aliphatic carbocycles. The Morgan fingerprint density at radius 2 is 1.86 bits per heavy atom. The first kappa shape index (κ1) is 18.0. The minimum atomic E-state index is 0.101. The Balaban J connectivity index is 2.93. The van der Waals surface area contributed by atoms with Crippen LogP contribution in [0.3, 0.4) is 0 Å². The summed E-state index contributed by atoms with van der Waals surface area (Å²) < 4.78 is 5.92. The van der Waals surface area contributed by atoms with Crippen LogP contribution in [0.25, 0.3) is 0 Å². The second-order valence-electron chi connectivity index (χ2n) is 7.45. The summed E-state index contributed by atoms with van der Waals surface area (Å²) in [6, 6.07) is 6.94. The van der Waals surface area contributed by atoms with Crippen LogP contribution in [0, 0.1) is 5.92 Å². The van der Waals surface area contributed by atoms with Gasteiger partial charge in [-0.25, -0.2) is 0 Å². The average molecular weight is 291 g/mol. The van der Waals surface area contributed by atoms with Gasteiger partial charge in [0, 0.05) is 6.04 Å². The molecule has 0 saturated heterocycles. The van der Waals surface area contributed by atoms with E-state index in [1.165, 1.54) is 11.1 Å². The molecule has 0 aromatic heterocycles. The summed E-state index contributed by atoms with van der Waals surface area (Å²) in [5.74, 6) is 1.65. The molecule has 1 rings (SSSR count). The van der Waals surface area contributed by atoms with Gasteiger partial charge in [0.2, 0.25) is 0 Å². The molecule has 2 unspecified atom stereocenters. The third-order valence-corrected chi connectivity index (χ3v) is 3.67. The third kappa shape index (κ3) is 6.09. The lowest BCUT2D eigenvalue weighted by Gasteiger charge is -2.24. The van der Waals surface area contributed by atoms with Crippen molar-refractivity contribution < 1.29 is 4.74 Å². The SMILES string of the molecule is CCCOc1ccc(CC(C)CC(C)N)cc1C(C)(C)C. The Kier molecular flexibility index (Phi) is 6.73. The fourth-order valence-electron chi connectivity index (χ4n) is 2.75. The van der Waals surface area contributed by atoms with E-state index < -0.39 is 0 Å². The molecule has 2 heteroatoms. The van der Waals surface area contributed by atoms with Crippen molar-refractivity contribution in [3.05, 3.63) is 29.3 Å². The van der Waals surface area contributed by atoms with Gasteiger partial charge in [-0.2, -0.15) is 0 Å². The Morgan fingerprint density at radius 3 is 2.38 bits per heavy atom. The Bertz CT molecular complexity index is 432. The molecule has 0 bridgehead atoms. The van der Waals surface area contributed by atoms with Crippen LogP contribution in [-0.4, -0.2) is 12.6 Å². The van der Waals surface area contributed by atoms with E-state index in [1.807, 2.05) is 0 Å². The highest BCUT2D eigenvalue weighted by molar-refractivity contribution is 5.41. The van der Waals surface area contributed by atoms with Gasteiger partial charge in [0.15, 0.2) is 0 Å². The Labute approximate surface area is 131 Å². The molecule has 2 N–H and O–H groups in total. The standard InChI is InChI=1S/C19H33NO/c1-7-10-21-18-9-8-16(12-14(2)11-15(3)20)13-17(18)19(4,5)6/h8-9,13-15H,7,10-12,20H2,1-6H3. The van der Waals surface area contributed by atoms with Crippen molar-refractivity contribution in [2.24, 2.45) is 11.7 Å². The van der Waals surface area contributed by atoms with E-state index in [-0.39, 0.29) is 11.5 Å². The number of ether oxygens (including phenoxy) is 1. The van der Waals surface area contributed by atoms with Crippen molar-refractivity contribution in [2.45, 2.75) is 72.3 Å². The van der Waals surface area contributed by atoms with Crippen molar-refractivity contribution in [3.63, 3.8) is 0 Å². The summed E-state index contributed by atoms with van der Waals surface area (Å²) in [5, 5.41) is 0. The average Bonchev–Trinajstić information content (AvgIpc) is 2.35. The predicted octanol–water partition coefficient (Wildman–Crippen LogP) is 4.69. The molecule has 2 nitrogen and oxygen atoms in total. The minimum absolute atomic E-state index is 0.101. The minimum Gasteiger partial charge on any atom is -0.493 e. The van der Waals surface area contributed by atoms with Crippen molar-refractivity contribution in [3.8, 4) is 5.75 Å². The van der Waals surface area contributed by atoms with Gasteiger partial charge < -0.3 is 10.5 Å². The Morgan fingerprint density at radius 1 is 1.19 bits per heavy atom. The van der Waals surface area contributed by atoms with Gasteiger partial charge in [-0.3, -0.25) is 0 Å². The van der Waals surface area contributed by atoms with Gasteiger partial charge >= 0.3 is 0 Å². The zero-order chi connectivity index (χ0) is 16.0. The maximum atomic E-state index is 5.92. The molecule has 0 aliphatic rings. The molecule has 2 atom stereocenters. The van der Waals surface area contributed by atoms with E-state index in [2.05, 4.69) is 59.7 Å². The smallest absolute Gasteiger partial charge is 0.123 e. The molecule has 0 heterocycles. The maximum Gasteiger partial charge on any atom is 0.123 e. The van der Waals surface area contributed by atoms with Crippen LogP contribution in [0.4, 0.5) is 0 Å². The Hall–Kier alpha value is -1.02. The maximum absolute atomic E-state index is 5.92. The van der Waals surface area contributed by atoms with Crippen molar-refractivity contribution in [2.75, 3.05) is 6.61 Å². The van der Waals surface area contributed by atoms with Gasteiger partial charge in [-0.05, 0) is 54.7 Å². The number of hydrogen-bond acceptors (Lipinski definition) is 2. The van der Waals surface area contributed by atoms with E-state index in [9.17, 15) is 0 Å². The molecule has 0 saturated carbocycles. The fourth-order valence-corrected chi connectivity index (χ4v) is 2.75. The molecule has 0 radical (unpaired) electrons. The molecule has 0 fully saturated rings. The summed E-state index contributed by atoms with van der Waals surface area (Å²) in [6.45, 7) is 14.0. The monoisotopic (exact) mass is 291 g/mol. The summed E-state index contributed by atoms with van der Waals surface area (Å²) in [4.78, 5) is 0. The molecule has 0 amide bonds. The number of hydrogen-bond donors (Lipinski definition) is 1. The highest BCUT2D eigenvalue weighted by atomic mass is 16.5. The lowest BCUT2D eigenvalue weighted by Crippen LogP contribution is -2.19. The van der Waals surface area contributed by atoms with Gasteiger partial charge in [0.25, 0.3) is 0 Å². The summed E-state index contributed by atoms with van der Waals surface area (Å²) in [7, 11) is 0. The first-order valence-electron chi connectivity index (χ1n) is 8.25. The normalized spacial score (nSPS) is 14.8. The molecular weight excluding hydrogens is 258 g/mol. The van der Waals surface area contributed by atoms with Crippen molar-refractivity contribution in [1.82, 2.24) is 0 Å². The zero-order valence-electron chi connectivity index (χ0n) is 14.7. The van der Waals surface area contributed by atoms with E-state index in [4.69, 9.17) is 10.5 Å². The first-order chi connectivity index (χ1) is 9.74. The highest BCUT2D eigenvalue weighted by Crippen LogP contribution is 2.33. The van der Waals surface area contributed by atoms with Crippen molar-refractivity contribution in [1.29, 1.82) is 0 Å². The van der Waals surface area contributed by atoms with Crippen LogP contribution >= 0.6 is 0 Å². The zero-order valence-corrected chi connectivity index (χ0v) is 14.7. The molecule has 0 aliphatic heterocycles. The van der Waals surface area contributed by atoms with Crippen LogP contribution in [0.1, 0.15) is 65.5 Å². The lowest BCUT2D eigenvalue weighted by molar-refractivity contribution is 0.308. The van der Waals surface area contributed by atoms with Gasteiger partial charge in [-0.15, -0.1) is 0 Å². The summed E-state index contributed by atoms with van der Waals surface area (Å²) >= 11 is 0. The molecule has 120 valence electrons. The van der Waals surface area contributed by atoms with Crippen molar-refractivity contribution >= 4 is 0 Å². The van der Waals surface area contributed by atoms with E-state index in [1.54, 1.807) is 0 Å². The first-order valence-corrected chi connectivity index (χ1v) is 8.25. The van der Waals surface area contributed by atoms with E-state index in [0.717, 1.165) is 31.6 Å². The van der Waals surface area contributed by atoms with Gasteiger partial charge in [0.1, 0.15) is 5.75 Å². The van der Waals surface area contributed by atoms with E-state index in [0.29, 0.717) is 5.92 Å². The molecule has 21 heavy (non-hydrogen) atoms. The van der Waals surface area contributed by atoms with Crippen LogP contribution in [-0.2, 0) is 11.8 Å². The topological polar surface area (TPSA) is 35.2 Å². The number of rotatable bonds is 7. The van der Waals surface area contributed by atoms with Crippen LogP contribution in [0.2, 0.25) is 0 Å². The summed E-state index contributed by atoms with van der Waals surface area (Å²) in [5.41, 5.74) is 8.70. The predicted molar refractivity (Wildman–Crippen MR) is 92.1 cm³/mol. The second-order valence-corrected chi connectivity index (χ2v) is 7.45. The van der Waals surface area contributed by atoms with Crippen LogP contribution in [0.15, 0.2) is 18.2 Å². The molecule has 1 aromatic carbocycles. The summed E-state index contributed by atoms with van der Waals surface area (Å²) in [6.07, 6.45) is 3.19.